The fraction of sp³-hybridized carbons (Fsp3) is 0.111. The molecule has 0 aliphatic carbocycles. The zero-order chi connectivity index (χ0) is 19.6. The second-order valence-corrected chi connectivity index (χ2v) is 7.38. The molecule has 1 amide bonds. The number of rotatable bonds is 4. The van der Waals surface area contributed by atoms with Gasteiger partial charge in [-0.15, -0.1) is 0 Å². The third kappa shape index (κ3) is 4.25. The Balaban J connectivity index is 1.72. The highest BCUT2D eigenvalue weighted by Crippen LogP contribution is 2.32. The summed E-state index contributed by atoms with van der Waals surface area (Å²) >= 11 is 6.76. The molecule has 3 aromatic rings. The van der Waals surface area contributed by atoms with E-state index in [1.807, 2.05) is 19.1 Å². The lowest BCUT2D eigenvalue weighted by Gasteiger charge is -2.11. The van der Waals surface area contributed by atoms with Crippen molar-refractivity contribution in [2.24, 2.45) is 0 Å². The summed E-state index contributed by atoms with van der Waals surface area (Å²) < 4.78 is 6.44. The summed E-state index contributed by atoms with van der Waals surface area (Å²) in [6.07, 6.45) is 0. The molecule has 9 heteroatoms. The highest BCUT2D eigenvalue weighted by molar-refractivity contribution is 9.11. The van der Waals surface area contributed by atoms with Crippen molar-refractivity contribution in [1.82, 2.24) is 10.2 Å². The van der Waals surface area contributed by atoms with E-state index in [0.29, 0.717) is 25.4 Å². The number of benzene rings is 2. The minimum absolute atomic E-state index is 0.0595. The first-order chi connectivity index (χ1) is 12.9. The Labute approximate surface area is 170 Å². The van der Waals surface area contributed by atoms with Gasteiger partial charge in [0.2, 0.25) is 0 Å². The molecule has 1 aromatic heterocycles. The maximum absolute atomic E-state index is 12.3. The minimum Gasteiger partial charge on any atom is -0.451 e. The summed E-state index contributed by atoms with van der Waals surface area (Å²) in [5.41, 5.74) is 1.08. The maximum atomic E-state index is 12.3. The van der Waals surface area contributed by atoms with Gasteiger partial charge in [0.25, 0.3) is 11.5 Å². The molecule has 2 aromatic carbocycles. The lowest BCUT2D eigenvalue weighted by molar-refractivity contribution is -0.119. The van der Waals surface area contributed by atoms with Gasteiger partial charge in [0.05, 0.1) is 11.1 Å². The van der Waals surface area contributed by atoms with E-state index in [1.54, 1.807) is 24.3 Å². The lowest BCUT2D eigenvalue weighted by Crippen LogP contribution is -2.23. The summed E-state index contributed by atoms with van der Waals surface area (Å²) in [4.78, 5) is 36.2. The summed E-state index contributed by atoms with van der Waals surface area (Å²) in [7, 11) is 0. The molecule has 0 unspecified atom stereocenters. The minimum atomic E-state index is -0.806. The van der Waals surface area contributed by atoms with Crippen LogP contribution in [0.2, 0.25) is 0 Å². The number of nitrogens with one attached hydrogen (secondary N) is 2. The van der Waals surface area contributed by atoms with Gasteiger partial charge in [-0.05, 0) is 62.5 Å². The Kier molecular flexibility index (Phi) is 5.71. The number of hydrogen-bond acceptors (Lipinski definition) is 5. The number of hydrogen-bond donors (Lipinski definition) is 2. The van der Waals surface area contributed by atoms with Gasteiger partial charge in [-0.3, -0.25) is 9.59 Å². The van der Waals surface area contributed by atoms with E-state index < -0.39 is 24.0 Å². The Bertz CT molecular complexity index is 1090. The van der Waals surface area contributed by atoms with E-state index in [4.69, 9.17) is 4.74 Å². The van der Waals surface area contributed by atoms with Crippen molar-refractivity contribution in [2.45, 2.75) is 6.92 Å². The SMILES string of the molecule is Cc1cc(Br)c(NC(=O)COC(=O)c2n[nH]c(=O)c3ccccc23)c(Br)c1. The van der Waals surface area contributed by atoms with Crippen molar-refractivity contribution in [3.8, 4) is 0 Å². The number of carbonyl (C=O) groups excluding carboxylic acids is 2. The van der Waals surface area contributed by atoms with Gasteiger partial charge in [0, 0.05) is 14.3 Å². The number of aryl methyl sites for hydroxylation is 1. The molecule has 3 rings (SSSR count). The first-order valence-electron chi connectivity index (χ1n) is 7.77. The molecule has 1 heterocycles. The Morgan fingerprint density at radius 2 is 1.78 bits per heavy atom. The number of aromatic amines is 1. The average Bonchev–Trinajstić information content (AvgIpc) is 2.63. The number of halogens is 2. The average molecular weight is 495 g/mol. The van der Waals surface area contributed by atoms with Crippen LogP contribution < -0.4 is 10.9 Å². The zero-order valence-electron chi connectivity index (χ0n) is 14.0. The van der Waals surface area contributed by atoms with Gasteiger partial charge in [-0.1, -0.05) is 18.2 Å². The molecule has 0 spiro atoms. The lowest BCUT2D eigenvalue weighted by atomic mass is 10.1. The second-order valence-electron chi connectivity index (χ2n) is 5.67. The van der Waals surface area contributed by atoms with E-state index in [1.165, 1.54) is 0 Å². The Hall–Kier alpha value is -2.52. The zero-order valence-corrected chi connectivity index (χ0v) is 17.2. The van der Waals surface area contributed by atoms with Gasteiger partial charge in [-0.2, -0.15) is 5.10 Å². The van der Waals surface area contributed by atoms with Crippen LogP contribution in [0.15, 0.2) is 50.1 Å². The molecule has 0 aliphatic rings. The Morgan fingerprint density at radius 3 is 2.44 bits per heavy atom. The predicted molar refractivity (Wildman–Crippen MR) is 108 cm³/mol. The fourth-order valence-electron chi connectivity index (χ4n) is 2.46. The van der Waals surface area contributed by atoms with Gasteiger partial charge < -0.3 is 10.1 Å². The van der Waals surface area contributed by atoms with Crippen LogP contribution in [-0.4, -0.2) is 28.7 Å². The van der Waals surface area contributed by atoms with Crippen LogP contribution in [0.5, 0.6) is 0 Å². The van der Waals surface area contributed by atoms with E-state index >= 15 is 0 Å². The molecule has 2 N–H and O–H groups in total. The van der Waals surface area contributed by atoms with E-state index in [9.17, 15) is 14.4 Å². The molecule has 0 saturated heterocycles. The van der Waals surface area contributed by atoms with Gasteiger partial charge >= 0.3 is 5.97 Å². The van der Waals surface area contributed by atoms with Crippen molar-refractivity contribution in [2.75, 3.05) is 11.9 Å². The predicted octanol–water partition coefficient (Wildman–Crippen LogP) is 3.55. The normalized spacial score (nSPS) is 10.6. The van der Waals surface area contributed by atoms with Crippen molar-refractivity contribution < 1.29 is 14.3 Å². The number of fused-ring (bicyclic) bond motifs is 1. The Morgan fingerprint density at radius 1 is 1.15 bits per heavy atom. The van der Waals surface area contributed by atoms with Crippen LogP contribution in [-0.2, 0) is 9.53 Å². The number of aromatic nitrogens is 2. The third-order valence-corrected chi connectivity index (χ3v) is 4.93. The standard InChI is InChI=1S/C18H13Br2N3O4/c1-9-6-12(19)16(13(20)7-9)21-14(24)8-27-18(26)15-10-4-2-3-5-11(10)17(25)23-22-15/h2-7H,8H2,1H3,(H,21,24)(H,23,25). The van der Waals surface area contributed by atoms with E-state index in [2.05, 4.69) is 47.4 Å². The van der Waals surface area contributed by atoms with Crippen LogP contribution in [0.4, 0.5) is 5.69 Å². The quantitative estimate of drug-likeness (QED) is 0.540. The van der Waals surface area contributed by atoms with Crippen LogP contribution in [0.25, 0.3) is 10.8 Å². The third-order valence-electron chi connectivity index (χ3n) is 3.67. The van der Waals surface area contributed by atoms with E-state index in [-0.39, 0.29) is 5.69 Å². The molecule has 0 fully saturated rings. The van der Waals surface area contributed by atoms with Crippen molar-refractivity contribution >= 4 is 60.2 Å². The largest absolute Gasteiger partial charge is 0.451 e. The molecular weight excluding hydrogens is 482 g/mol. The van der Waals surface area contributed by atoms with Gasteiger partial charge in [0.15, 0.2) is 12.3 Å². The number of nitrogens with zero attached hydrogens (tertiary/aromatic N) is 1. The number of carbonyl (C=O) groups is 2. The summed E-state index contributed by atoms with van der Waals surface area (Å²) in [6.45, 7) is 1.42. The van der Waals surface area contributed by atoms with E-state index in [0.717, 1.165) is 5.56 Å². The van der Waals surface area contributed by atoms with Gasteiger partial charge in [0.1, 0.15) is 0 Å². The first kappa shape index (κ1) is 19.2. The molecule has 27 heavy (non-hydrogen) atoms. The highest BCUT2D eigenvalue weighted by atomic mass is 79.9. The molecule has 0 atom stereocenters. The number of anilines is 1. The van der Waals surface area contributed by atoms with Crippen molar-refractivity contribution in [3.05, 3.63) is 67.0 Å². The van der Waals surface area contributed by atoms with Crippen LogP contribution in [0, 0.1) is 6.92 Å². The molecule has 7 nitrogen and oxygen atoms in total. The highest BCUT2D eigenvalue weighted by Gasteiger charge is 2.17. The number of ether oxygens (including phenoxy) is 1. The molecular formula is C18H13Br2N3O4. The monoisotopic (exact) mass is 493 g/mol. The number of H-pyrrole nitrogens is 1. The van der Waals surface area contributed by atoms with Crippen molar-refractivity contribution in [3.63, 3.8) is 0 Å². The fourth-order valence-corrected chi connectivity index (χ4v) is 4.08. The summed E-state index contributed by atoms with van der Waals surface area (Å²) in [5.74, 6) is -1.32. The summed E-state index contributed by atoms with van der Waals surface area (Å²) in [5, 5.41) is 9.34. The number of amides is 1. The van der Waals surface area contributed by atoms with Crippen molar-refractivity contribution in [1.29, 1.82) is 0 Å². The molecule has 0 radical (unpaired) electrons. The number of esters is 1. The topological polar surface area (TPSA) is 101 Å². The van der Waals surface area contributed by atoms with Crippen LogP contribution in [0.3, 0.4) is 0 Å². The molecule has 0 bridgehead atoms. The first-order valence-corrected chi connectivity index (χ1v) is 9.35. The smallest absolute Gasteiger partial charge is 0.359 e. The molecule has 138 valence electrons. The van der Waals surface area contributed by atoms with Gasteiger partial charge in [-0.25, -0.2) is 9.89 Å². The molecule has 0 saturated carbocycles. The summed E-state index contributed by atoms with van der Waals surface area (Å²) in [6, 6.07) is 10.2. The van der Waals surface area contributed by atoms with Crippen LogP contribution in [0.1, 0.15) is 16.1 Å². The molecule has 0 aliphatic heterocycles. The maximum Gasteiger partial charge on any atom is 0.359 e. The second kappa shape index (κ2) is 8.01. The van der Waals surface area contributed by atoms with Crippen LogP contribution >= 0.6 is 31.9 Å².